The number of carbonyl (C=O) groups is 1. The number of nitrogens with one attached hydrogen (secondary N) is 1. The molecule has 0 spiro atoms. The van der Waals surface area contributed by atoms with Crippen molar-refractivity contribution in [1.29, 1.82) is 0 Å². The number of sulfonamides is 1. The number of carboxylic acids is 1. The summed E-state index contributed by atoms with van der Waals surface area (Å²) in [5.74, 6) is -1.07. The third-order valence-electron chi connectivity index (χ3n) is 1.64. The molecule has 88 valence electrons. The summed E-state index contributed by atoms with van der Waals surface area (Å²) in [6, 6.07) is 2.46. The first kappa shape index (κ1) is 12.9. The smallest absolute Gasteiger partial charge is 0.304 e. The lowest BCUT2D eigenvalue weighted by molar-refractivity contribution is -0.136. The molecule has 0 aromatic carbocycles. The monoisotopic (exact) mass is 264 g/mol. The molecule has 16 heavy (non-hydrogen) atoms. The molecule has 1 heterocycles. The predicted molar refractivity (Wildman–Crippen MR) is 56.7 cm³/mol. The fourth-order valence-corrected chi connectivity index (χ4v) is 2.21. The van der Waals surface area contributed by atoms with Gasteiger partial charge in [-0.15, -0.1) is 0 Å². The SMILES string of the molecule is O=C(O)CCNS(=O)(=O)c1ccnc(Cl)c1. The van der Waals surface area contributed by atoms with E-state index >= 15 is 0 Å². The van der Waals surface area contributed by atoms with Crippen molar-refractivity contribution in [2.45, 2.75) is 11.3 Å². The standard InChI is InChI=1S/C8H9ClN2O4S/c9-7-5-6(1-3-10-7)16(14,15)11-4-2-8(12)13/h1,3,5,11H,2,4H2,(H,12,13). The molecule has 8 heteroatoms. The number of nitrogens with zero attached hydrogens (tertiary/aromatic N) is 1. The molecule has 1 rings (SSSR count). The second kappa shape index (κ2) is 5.24. The molecule has 1 aromatic rings. The molecular weight excluding hydrogens is 256 g/mol. The second-order valence-electron chi connectivity index (χ2n) is 2.86. The van der Waals surface area contributed by atoms with Crippen LogP contribution in [0.2, 0.25) is 5.15 Å². The van der Waals surface area contributed by atoms with Crippen LogP contribution in [0.1, 0.15) is 6.42 Å². The number of halogens is 1. The van der Waals surface area contributed by atoms with Gasteiger partial charge in [0.1, 0.15) is 5.15 Å². The van der Waals surface area contributed by atoms with Crippen molar-refractivity contribution in [3.63, 3.8) is 0 Å². The number of hydrogen-bond acceptors (Lipinski definition) is 4. The van der Waals surface area contributed by atoms with Crippen molar-refractivity contribution >= 4 is 27.6 Å². The van der Waals surface area contributed by atoms with E-state index in [1.165, 1.54) is 18.3 Å². The van der Waals surface area contributed by atoms with Gasteiger partial charge >= 0.3 is 5.97 Å². The van der Waals surface area contributed by atoms with Crippen LogP contribution >= 0.6 is 11.6 Å². The van der Waals surface area contributed by atoms with E-state index in [2.05, 4.69) is 9.71 Å². The van der Waals surface area contributed by atoms with Crippen LogP contribution in [-0.4, -0.2) is 31.0 Å². The largest absolute Gasteiger partial charge is 0.481 e. The van der Waals surface area contributed by atoms with Crippen LogP contribution in [0.15, 0.2) is 23.2 Å². The first-order valence-electron chi connectivity index (χ1n) is 4.25. The number of aliphatic carboxylic acids is 1. The van der Waals surface area contributed by atoms with Crippen LogP contribution in [0.5, 0.6) is 0 Å². The van der Waals surface area contributed by atoms with Gasteiger partial charge in [0.25, 0.3) is 0 Å². The third-order valence-corrected chi connectivity index (χ3v) is 3.30. The summed E-state index contributed by atoms with van der Waals surface area (Å²) < 4.78 is 25.3. The Morgan fingerprint density at radius 2 is 2.25 bits per heavy atom. The minimum absolute atomic E-state index is 0.0436. The number of aromatic nitrogens is 1. The van der Waals surface area contributed by atoms with E-state index in [9.17, 15) is 13.2 Å². The first-order valence-corrected chi connectivity index (χ1v) is 6.11. The predicted octanol–water partition coefficient (Wildman–Crippen LogP) is 0.488. The normalized spacial score (nSPS) is 11.3. The van der Waals surface area contributed by atoms with E-state index in [0.717, 1.165) is 0 Å². The lowest BCUT2D eigenvalue weighted by Gasteiger charge is -2.04. The molecule has 0 bridgehead atoms. The van der Waals surface area contributed by atoms with Crippen LogP contribution in [0.4, 0.5) is 0 Å². The number of rotatable bonds is 5. The van der Waals surface area contributed by atoms with Gasteiger partial charge in [-0.05, 0) is 12.1 Å². The Balaban J connectivity index is 2.74. The van der Waals surface area contributed by atoms with Crippen LogP contribution < -0.4 is 4.72 Å². The Bertz CT molecular complexity index is 489. The molecule has 6 nitrogen and oxygen atoms in total. The van der Waals surface area contributed by atoms with E-state index in [-0.39, 0.29) is 23.0 Å². The summed E-state index contributed by atoms with van der Waals surface area (Å²) in [5.41, 5.74) is 0. The average molecular weight is 265 g/mol. The summed E-state index contributed by atoms with van der Waals surface area (Å²) in [7, 11) is -3.72. The quantitative estimate of drug-likeness (QED) is 0.755. The topological polar surface area (TPSA) is 96.4 Å². The minimum Gasteiger partial charge on any atom is -0.481 e. The van der Waals surface area contributed by atoms with E-state index < -0.39 is 16.0 Å². The van der Waals surface area contributed by atoms with Gasteiger partial charge in [-0.2, -0.15) is 0 Å². The van der Waals surface area contributed by atoms with Gasteiger partial charge in [-0.25, -0.2) is 18.1 Å². The molecule has 0 atom stereocenters. The molecule has 0 fully saturated rings. The number of hydrogen-bond donors (Lipinski definition) is 2. The Morgan fingerprint density at radius 1 is 1.56 bits per heavy atom. The Hall–Kier alpha value is -1.18. The Morgan fingerprint density at radius 3 is 2.81 bits per heavy atom. The Kier molecular flexibility index (Phi) is 4.22. The maximum atomic E-state index is 11.6. The number of pyridine rings is 1. The van der Waals surface area contributed by atoms with E-state index in [4.69, 9.17) is 16.7 Å². The van der Waals surface area contributed by atoms with Crippen molar-refractivity contribution in [2.24, 2.45) is 0 Å². The van der Waals surface area contributed by atoms with Crippen molar-refractivity contribution in [1.82, 2.24) is 9.71 Å². The van der Waals surface area contributed by atoms with Crippen LogP contribution in [-0.2, 0) is 14.8 Å². The van der Waals surface area contributed by atoms with E-state index in [0.29, 0.717) is 0 Å². The highest BCUT2D eigenvalue weighted by Gasteiger charge is 2.14. The molecule has 0 aliphatic rings. The number of carboxylic acid groups (broad SMARTS) is 1. The molecule has 0 saturated heterocycles. The summed E-state index contributed by atoms with van der Waals surface area (Å²) in [5, 5.41) is 8.42. The Labute approximate surface area is 97.3 Å². The van der Waals surface area contributed by atoms with Gasteiger partial charge in [0.15, 0.2) is 0 Å². The summed E-state index contributed by atoms with van der Waals surface area (Å²) in [4.78, 5) is 13.8. The van der Waals surface area contributed by atoms with Gasteiger partial charge in [0, 0.05) is 12.7 Å². The van der Waals surface area contributed by atoms with Gasteiger partial charge in [-0.1, -0.05) is 11.6 Å². The van der Waals surface area contributed by atoms with Crippen LogP contribution in [0.3, 0.4) is 0 Å². The minimum atomic E-state index is -3.72. The average Bonchev–Trinajstić information content (AvgIpc) is 2.16. The van der Waals surface area contributed by atoms with Gasteiger partial charge in [0.2, 0.25) is 10.0 Å². The zero-order chi connectivity index (χ0) is 12.2. The third kappa shape index (κ3) is 3.76. The van der Waals surface area contributed by atoms with Gasteiger partial charge in [0.05, 0.1) is 11.3 Å². The van der Waals surface area contributed by atoms with E-state index in [1.807, 2.05) is 0 Å². The zero-order valence-corrected chi connectivity index (χ0v) is 9.62. The maximum absolute atomic E-state index is 11.6. The summed E-state index contributed by atoms with van der Waals surface area (Å²) >= 11 is 5.54. The van der Waals surface area contributed by atoms with Crippen molar-refractivity contribution in [3.05, 3.63) is 23.5 Å². The van der Waals surface area contributed by atoms with Crippen molar-refractivity contribution in [3.8, 4) is 0 Å². The highest BCUT2D eigenvalue weighted by Crippen LogP contribution is 2.12. The summed E-state index contributed by atoms with van der Waals surface area (Å²) in [6.07, 6.45) is 0.978. The molecule has 0 unspecified atom stereocenters. The molecule has 0 radical (unpaired) electrons. The highest BCUT2D eigenvalue weighted by atomic mass is 35.5. The molecule has 1 aromatic heterocycles. The lowest BCUT2D eigenvalue weighted by atomic mass is 10.5. The van der Waals surface area contributed by atoms with Crippen molar-refractivity contribution < 1.29 is 18.3 Å². The van der Waals surface area contributed by atoms with Crippen LogP contribution in [0.25, 0.3) is 0 Å². The fraction of sp³-hybridized carbons (Fsp3) is 0.250. The second-order valence-corrected chi connectivity index (χ2v) is 5.01. The molecular formula is C8H9ClN2O4S. The van der Waals surface area contributed by atoms with Gasteiger partial charge < -0.3 is 5.11 Å². The highest BCUT2D eigenvalue weighted by molar-refractivity contribution is 7.89. The zero-order valence-electron chi connectivity index (χ0n) is 8.05. The lowest BCUT2D eigenvalue weighted by Crippen LogP contribution is -2.26. The van der Waals surface area contributed by atoms with Crippen LogP contribution in [0, 0.1) is 0 Å². The van der Waals surface area contributed by atoms with Gasteiger partial charge in [-0.3, -0.25) is 4.79 Å². The fourth-order valence-electron chi connectivity index (χ4n) is 0.928. The molecule has 0 saturated carbocycles. The first-order chi connectivity index (χ1) is 7.42. The summed E-state index contributed by atoms with van der Waals surface area (Å²) in [6.45, 7) is -0.169. The molecule has 0 amide bonds. The maximum Gasteiger partial charge on any atom is 0.304 e. The molecule has 0 aliphatic carbocycles. The van der Waals surface area contributed by atoms with E-state index in [1.54, 1.807) is 0 Å². The molecule has 0 aliphatic heterocycles. The molecule has 2 N–H and O–H groups in total. The van der Waals surface area contributed by atoms with Crippen molar-refractivity contribution in [2.75, 3.05) is 6.54 Å².